The lowest BCUT2D eigenvalue weighted by molar-refractivity contribution is 0.371. The van der Waals surface area contributed by atoms with Crippen LogP contribution in [-0.4, -0.2) is 12.2 Å². The Hall–Kier alpha value is -2.16. The first-order chi connectivity index (χ1) is 9.24. The molecule has 2 N–H and O–H groups in total. The molecule has 0 saturated heterocycles. The molecule has 0 atom stereocenters. The summed E-state index contributed by atoms with van der Waals surface area (Å²) in [7, 11) is 1.55. The second-order valence-electron chi connectivity index (χ2n) is 4.38. The Kier molecular flexibility index (Phi) is 4.29. The fourth-order valence-electron chi connectivity index (χ4n) is 1.97. The Bertz CT molecular complexity index is 552. The molecule has 0 heterocycles. The average Bonchev–Trinajstić information content (AvgIpc) is 2.46. The van der Waals surface area contributed by atoms with Gasteiger partial charge in [-0.15, -0.1) is 0 Å². The third-order valence-corrected chi connectivity index (χ3v) is 3.12. The Morgan fingerprint density at radius 3 is 2.68 bits per heavy atom. The van der Waals surface area contributed by atoms with Gasteiger partial charge in [0.25, 0.3) is 0 Å². The van der Waals surface area contributed by atoms with Crippen LogP contribution in [-0.2, 0) is 13.0 Å². The number of nitrogens with one attached hydrogen (secondary N) is 1. The highest BCUT2D eigenvalue weighted by Gasteiger charge is 2.06. The van der Waals surface area contributed by atoms with E-state index in [2.05, 4.69) is 24.4 Å². The highest BCUT2D eigenvalue weighted by Crippen LogP contribution is 2.29. The van der Waals surface area contributed by atoms with Crippen LogP contribution in [0.15, 0.2) is 42.5 Å². The van der Waals surface area contributed by atoms with Crippen molar-refractivity contribution in [1.82, 2.24) is 0 Å². The van der Waals surface area contributed by atoms with Gasteiger partial charge in [0, 0.05) is 17.8 Å². The van der Waals surface area contributed by atoms with Gasteiger partial charge in [0.05, 0.1) is 7.11 Å². The van der Waals surface area contributed by atoms with E-state index < -0.39 is 0 Å². The number of methoxy groups -OCH3 is 1. The van der Waals surface area contributed by atoms with E-state index in [1.807, 2.05) is 24.3 Å². The summed E-state index contributed by atoms with van der Waals surface area (Å²) in [6.45, 7) is 2.70. The van der Waals surface area contributed by atoms with E-state index in [4.69, 9.17) is 4.74 Å². The lowest BCUT2D eigenvalue weighted by Gasteiger charge is -2.11. The standard InChI is InChI=1S/C16H19NO2/c1-3-12-6-4-8-14(10-12)17-11-13-7-5-9-15(19-2)16(13)18/h4-10,17-18H,3,11H2,1-2H3. The molecule has 3 heteroatoms. The van der Waals surface area contributed by atoms with Crippen LogP contribution in [0.25, 0.3) is 0 Å². The van der Waals surface area contributed by atoms with Crippen LogP contribution in [0.3, 0.4) is 0 Å². The number of para-hydroxylation sites is 1. The van der Waals surface area contributed by atoms with Crippen molar-refractivity contribution in [2.24, 2.45) is 0 Å². The fourth-order valence-corrected chi connectivity index (χ4v) is 1.97. The molecule has 0 saturated carbocycles. The number of phenolic OH excluding ortho intramolecular Hbond substituents is 1. The third kappa shape index (κ3) is 3.19. The number of aromatic hydroxyl groups is 1. The molecule has 0 spiro atoms. The lowest BCUT2D eigenvalue weighted by Crippen LogP contribution is -2.00. The first-order valence-electron chi connectivity index (χ1n) is 6.42. The van der Waals surface area contributed by atoms with Crippen molar-refractivity contribution in [2.45, 2.75) is 19.9 Å². The predicted molar refractivity (Wildman–Crippen MR) is 77.8 cm³/mol. The normalized spacial score (nSPS) is 10.2. The number of ether oxygens (including phenoxy) is 1. The second kappa shape index (κ2) is 6.14. The summed E-state index contributed by atoms with van der Waals surface area (Å²) in [5.41, 5.74) is 3.17. The molecule has 19 heavy (non-hydrogen) atoms. The molecule has 0 bridgehead atoms. The number of hydrogen-bond acceptors (Lipinski definition) is 3. The topological polar surface area (TPSA) is 41.5 Å². The summed E-state index contributed by atoms with van der Waals surface area (Å²) < 4.78 is 5.10. The van der Waals surface area contributed by atoms with E-state index >= 15 is 0 Å². The van der Waals surface area contributed by atoms with Crippen molar-refractivity contribution in [2.75, 3.05) is 12.4 Å². The van der Waals surface area contributed by atoms with Gasteiger partial charge in [-0.05, 0) is 30.2 Å². The summed E-state index contributed by atoms with van der Waals surface area (Å²) in [4.78, 5) is 0. The van der Waals surface area contributed by atoms with Gasteiger partial charge in [-0.3, -0.25) is 0 Å². The van der Waals surface area contributed by atoms with Gasteiger partial charge in [0.15, 0.2) is 11.5 Å². The van der Waals surface area contributed by atoms with Gasteiger partial charge in [-0.2, -0.15) is 0 Å². The molecule has 0 aromatic heterocycles. The van der Waals surface area contributed by atoms with Crippen molar-refractivity contribution in [3.05, 3.63) is 53.6 Å². The molecule has 0 fully saturated rings. The van der Waals surface area contributed by atoms with Crippen LogP contribution < -0.4 is 10.1 Å². The van der Waals surface area contributed by atoms with Gasteiger partial charge in [-0.25, -0.2) is 0 Å². The van der Waals surface area contributed by atoms with E-state index in [-0.39, 0.29) is 5.75 Å². The Labute approximate surface area is 113 Å². The molecule has 0 aliphatic carbocycles. The minimum Gasteiger partial charge on any atom is -0.504 e. The van der Waals surface area contributed by atoms with Gasteiger partial charge < -0.3 is 15.2 Å². The van der Waals surface area contributed by atoms with Crippen molar-refractivity contribution >= 4 is 5.69 Å². The van der Waals surface area contributed by atoms with Crippen molar-refractivity contribution in [1.29, 1.82) is 0 Å². The van der Waals surface area contributed by atoms with Crippen molar-refractivity contribution < 1.29 is 9.84 Å². The number of benzene rings is 2. The zero-order valence-electron chi connectivity index (χ0n) is 11.3. The number of hydrogen-bond donors (Lipinski definition) is 2. The molecule has 0 unspecified atom stereocenters. The largest absolute Gasteiger partial charge is 0.504 e. The maximum Gasteiger partial charge on any atom is 0.162 e. The summed E-state index contributed by atoms with van der Waals surface area (Å²) in [6, 6.07) is 13.8. The van der Waals surface area contributed by atoms with Crippen LogP contribution >= 0.6 is 0 Å². The molecule has 100 valence electrons. The first-order valence-corrected chi connectivity index (χ1v) is 6.42. The van der Waals surface area contributed by atoms with Gasteiger partial charge in [0.2, 0.25) is 0 Å². The zero-order chi connectivity index (χ0) is 13.7. The van der Waals surface area contributed by atoms with E-state index in [1.54, 1.807) is 13.2 Å². The minimum absolute atomic E-state index is 0.198. The number of phenols is 1. The summed E-state index contributed by atoms with van der Waals surface area (Å²) in [5, 5.41) is 13.3. The highest BCUT2D eigenvalue weighted by molar-refractivity contribution is 5.50. The van der Waals surface area contributed by atoms with Gasteiger partial charge in [0.1, 0.15) is 0 Å². The molecular formula is C16H19NO2. The Morgan fingerprint density at radius 2 is 1.95 bits per heavy atom. The van der Waals surface area contributed by atoms with Crippen LogP contribution in [0, 0.1) is 0 Å². The summed E-state index contributed by atoms with van der Waals surface area (Å²) in [5.74, 6) is 0.700. The monoisotopic (exact) mass is 257 g/mol. The first kappa shape index (κ1) is 13.3. The van der Waals surface area contributed by atoms with Crippen LogP contribution in [0.4, 0.5) is 5.69 Å². The molecule has 2 aromatic rings. The molecule has 2 rings (SSSR count). The smallest absolute Gasteiger partial charge is 0.162 e. The van der Waals surface area contributed by atoms with E-state index in [1.165, 1.54) is 5.56 Å². The van der Waals surface area contributed by atoms with Gasteiger partial charge in [-0.1, -0.05) is 31.2 Å². The van der Waals surface area contributed by atoms with Crippen LogP contribution in [0.5, 0.6) is 11.5 Å². The average molecular weight is 257 g/mol. The van der Waals surface area contributed by atoms with E-state index in [9.17, 15) is 5.11 Å². The quantitative estimate of drug-likeness (QED) is 0.860. The van der Waals surface area contributed by atoms with Crippen LogP contribution in [0.1, 0.15) is 18.1 Å². The van der Waals surface area contributed by atoms with Crippen molar-refractivity contribution in [3.8, 4) is 11.5 Å². The summed E-state index contributed by atoms with van der Waals surface area (Å²) in [6.07, 6.45) is 1.01. The molecular weight excluding hydrogens is 238 g/mol. The molecule has 3 nitrogen and oxygen atoms in total. The van der Waals surface area contributed by atoms with Gasteiger partial charge >= 0.3 is 0 Å². The van der Waals surface area contributed by atoms with Crippen LogP contribution in [0.2, 0.25) is 0 Å². The maximum absolute atomic E-state index is 10.0. The highest BCUT2D eigenvalue weighted by atomic mass is 16.5. The number of rotatable bonds is 5. The van der Waals surface area contributed by atoms with E-state index in [0.717, 1.165) is 17.7 Å². The predicted octanol–water partition coefficient (Wildman–Crippen LogP) is 3.58. The second-order valence-corrected chi connectivity index (χ2v) is 4.38. The maximum atomic E-state index is 10.0. The fraction of sp³-hybridized carbons (Fsp3) is 0.250. The SMILES string of the molecule is CCc1cccc(NCc2cccc(OC)c2O)c1. The molecule has 2 aromatic carbocycles. The number of anilines is 1. The number of aryl methyl sites for hydroxylation is 1. The molecule has 0 radical (unpaired) electrons. The summed E-state index contributed by atoms with van der Waals surface area (Å²) >= 11 is 0. The molecule has 0 aliphatic heterocycles. The Morgan fingerprint density at radius 1 is 1.16 bits per heavy atom. The third-order valence-electron chi connectivity index (χ3n) is 3.12. The molecule has 0 amide bonds. The van der Waals surface area contributed by atoms with Crippen molar-refractivity contribution in [3.63, 3.8) is 0 Å². The molecule has 0 aliphatic rings. The lowest BCUT2D eigenvalue weighted by atomic mass is 10.1. The zero-order valence-corrected chi connectivity index (χ0v) is 11.3. The minimum atomic E-state index is 0.198. The van der Waals surface area contributed by atoms with E-state index in [0.29, 0.717) is 12.3 Å². The Balaban J connectivity index is 2.10.